The second-order valence-electron chi connectivity index (χ2n) is 7.13. The van der Waals surface area contributed by atoms with Gasteiger partial charge in [0.1, 0.15) is 0 Å². The van der Waals surface area contributed by atoms with Gasteiger partial charge in [-0.1, -0.05) is 30.3 Å². The van der Waals surface area contributed by atoms with Crippen LogP contribution in [0.3, 0.4) is 0 Å². The first-order valence-corrected chi connectivity index (χ1v) is 10.5. The average Bonchev–Trinajstić information content (AvgIpc) is 2.77. The number of para-hydroxylation sites is 1. The molecule has 0 saturated carbocycles. The monoisotopic (exact) mass is 420 g/mol. The Bertz CT molecular complexity index is 1080. The van der Waals surface area contributed by atoms with E-state index in [0.717, 1.165) is 16.3 Å². The highest BCUT2D eigenvalue weighted by Gasteiger charge is 2.33. The molecule has 0 unspecified atom stereocenters. The number of fused-ring (bicyclic) bond motifs is 1. The van der Waals surface area contributed by atoms with Crippen molar-refractivity contribution in [3.05, 3.63) is 77.4 Å². The minimum atomic E-state index is -0.0893. The maximum absolute atomic E-state index is 13.6. The summed E-state index contributed by atoms with van der Waals surface area (Å²) in [6.45, 7) is 4.69. The van der Waals surface area contributed by atoms with Gasteiger partial charge in [-0.25, -0.2) is 9.10 Å². The lowest BCUT2D eigenvalue weighted by atomic mass is 10.0. The van der Waals surface area contributed by atoms with Crippen LogP contribution in [0.1, 0.15) is 16.7 Å². The molecule has 0 aliphatic carbocycles. The van der Waals surface area contributed by atoms with Gasteiger partial charge in [0.15, 0.2) is 11.5 Å². The van der Waals surface area contributed by atoms with Crippen molar-refractivity contribution in [2.24, 2.45) is 0 Å². The molecule has 3 aromatic carbocycles. The third-order valence-corrected chi connectivity index (χ3v) is 6.40. The number of methoxy groups -OCH3 is 2. The summed E-state index contributed by atoms with van der Waals surface area (Å²) in [7, 11) is 3.19. The Balaban J connectivity index is 1.77. The summed E-state index contributed by atoms with van der Waals surface area (Å²) in [4.78, 5) is 16.5. The number of anilines is 2. The Morgan fingerprint density at radius 1 is 0.867 bits per heavy atom. The van der Waals surface area contributed by atoms with Crippen LogP contribution < -0.4 is 18.7 Å². The predicted molar refractivity (Wildman–Crippen MR) is 122 cm³/mol. The highest BCUT2D eigenvalue weighted by molar-refractivity contribution is 8.01. The molecular formula is C24H24N2O3S. The molecule has 0 radical (unpaired) electrons. The van der Waals surface area contributed by atoms with Crippen LogP contribution in [0.4, 0.5) is 16.2 Å². The highest BCUT2D eigenvalue weighted by Crippen LogP contribution is 2.44. The quantitative estimate of drug-likeness (QED) is 0.477. The second kappa shape index (κ2) is 8.32. The number of carbonyl (C=O) groups is 1. The van der Waals surface area contributed by atoms with E-state index >= 15 is 0 Å². The molecule has 0 aromatic heterocycles. The summed E-state index contributed by atoms with van der Waals surface area (Å²) in [5, 5.41) is 0. The fourth-order valence-corrected chi connectivity index (χ4v) is 4.63. The third kappa shape index (κ3) is 3.59. The fourth-order valence-electron chi connectivity index (χ4n) is 3.63. The number of ether oxygens (including phenoxy) is 2. The van der Waals surface area contributed by atoms with Gasteiger partial charge in [-0.05, 0) is 66.8 Å². The van der Waals surface area contributed by atoms with Crippen LogP contribution in [0.15, 0.2) is 65.6 Å². The number of nitrogens with zero attached hydrogens (tertiary/aromatic N) is 2. The highest BCUT2D eigenvalue weighted by atomic mass is 32.2. The Labute approximate surface area is 181 Å². The molecule has 0 N–H and O–H groups in total. The molecule has 1 aliphatic rings. The molecule has 0 fully saturated rings. The summed E-state index contributed by atoms with van der Waals surface area (Å²) in [5.74, 6) is 1.21. The van der Waals surface area contributed by atoms with Crippen LogP contribution in [0.25, 0.3) is 0 Å². The number of amides is 2. The topological polar surface area (TPSA) is 42.0 Å². The molecular weight excluding hydrogens is 396 g/mol. The van der Waals surface area contributed by atoms with Gasteiger partial charge in [-0.3, -0.25) is 4.90 Å². The van der Waals surface area contributed by atoms with Crippen molar-refractivity contribution >= 4 is 29.4 Å². The third-order valence-electron chi connectivity index (χ3n) is 5.31. The van der Waals surface area contributed by atoms with Gasteiger partial charge in [0, 0.05) is 6.07 Å². The minimum Gasteiger partial charge on any atom is -0.493 e. The van der Waals surface area contributed by atoms with Crippen molar-refractivity contribution in [1.29, 1.82) is 0 Å². The van der Waals surface area contributed by atoms with Gasteiger partial charge < -0.3 is 9.47 Å². The molecule has 2 amide bonds. The van der Waals surface area contributed by atoms with E-state index in [-0.39, 0.29) is 6.03 Å². The zero-order valence-corrected chi connectivity index (χ0v) is 18.3. The van der Waals surface area contributed by atoms with Crippen molar-refractivity contribution in [2.75, 3.05) is 23.4 Å². The lowest BCUT2D eigenvalue weighted by molar-refractivity contribution is 0.254. The van der Waals surface area contributed by atoms with Crippen molar-refractivity contribution in [1.82, 2.24) is 0 Å². The van der Waals surface area contributed by atoms with Crippen molar-refractivity contribution in [2.45, 2.75) is 25.3 Å². The van der Waals surface area contributed by atoms with Crippen molar-refractivity contribution in [3.63, 3.8) is 0 Å². The van der Waals surface area contributed by atoms with E-state index in [2.05, 4.69) is 26.0 Å². The molecule has 4 rings (SSSR count). The molecule has 0 saturated heterocycles. The lowest BCUT2D eigenvalue weighted by Gasteiger charge is -2.36. The van der Waals surface area contributed by atoms with E-state index in [1.54, 1.807) is 18.5 Å². The van der Waals surface area contributed by atoms with Crippen LogP contribution >= 0.6 is 11.9 Å². The first-order chi connectivity index (χ1) is 14.5. The summed E-state index contributed by atoms with van der Waals surface area (Å²) >= 11 is 1.42. The molecule has 1 heterocycles. The minimum absolute atomic E-state index is 0.0893. The summed E-state index contributed by atoms with van der Waals surface area (Å²) < 4.78 is 12.5. The van der Waals surface area contributed by atoms with Gasteiger partial charge in [-0.2, -0.15) is 0 Å². The van der Waals surface area contributed by atoms with Gasteiger partial charge in [-0.15, -0.1) is 0 Å². The van der Waals surface area contributed by atoms with Crippen LogP contribution in [-0.2, 0) is 6.54 Å². The Hall–Kier alpha value is -3.12. The lowest BCUT2D eigenvalue weighted by Crippen LogP contribution is -2.43. The van der Waals surface area contributed by atoms with Crippen LogP contribution in [0.2, 0.25) is 0 Å². The van der Waals surface area contributed by atoms with Crippen LogP contribution in [0.5, 0.6) is 11.5 Å². The zero-order chi connectivity index (χ0) is 21.3. The van der Waals surface area contributed by atoms with Gasteiger partial charge in [0.05, 0.1) is 37.0 Å². The van der Waals surface area contributed by atoms with Crippen LogP contribution in [0, 0.1) is 13.8 Å². The zero-order valence-electron chi connectivity index (χ0n) is 17.5. The molecule has 5 nitrogen and oxygen atoms in total. The van der Waals surface area contributed by atoms with Crippen molar-refractivity contribution < 1.29 is 14.3 Å². The number of benzene rings is 3. The Kier molecular flexibility index (Phi) is 5.59. The first-order valence-electron chi connectivity index (χ1n) is 9.69. The maximum atomic E-state index is 13.6. The Morgan fingerprint density at radius 2 is 1.57 bits per heavy atom. The molecule has 0 atom stereocenters. The van der Waals surface area contributed by atoms with E-state index in [1.807, 2.05) is 53.4 Å². The maximum Gasteiger partial charge on any atom is 0.339 e. The second-order valence-corrected chi connectivity index (χ2v) is 8.12. The number of rotatable bonds is 5. The number of carbonyl (C=O) groups excluding carboxylic acids is 1. The summed E-state index contributed by atoms with van der Waals surface area (Å²) in [6, 6.07) is 19.7. The number of hydrogen-bond donors (Lipinski definition) is 0. The molecule has 0 bridgehead atoms. The van der Waals surface area contributed by atoms with Crippen LogP contribution in [-0.4, -0.2) is 20.3 Å². The number of urea groups is 1. The smallest absolute Gasteiger partial charge is 0.339 e. The van der Waals surface area contributed by atoms with Gasteiger partial charge in [0.25, 0.3) is 0 Å². The van der Waals surface area contributed by atoms with E-state index in [0.29, 0.717) is 18.0 Å². The molecule has 1 aliphatic heterocycles. The van der Waals surface area contributed by atoms with E-state index < -0.39 is 0 Å². The Morgan fingerprint density at radius 3 is 2.27 bits per heavy atom. The predicted octanol–water partition coefficient (Wildman–Crippen LogP) is 5.97. The molecule has 154 valence electrons. The van der Waals surface area contributed by atoms with Gasteiger partial charge >= 0.3 is 6.03 Å². The largest absolute Gasteiger partial charge is 0.493 e. The van der Waals surface area contributed by atoms with E-state index in [4.69, 9.17) is 9.47 Å². The number of aryl methyl sites for hydroxylation is 2. The first kappa shape index (κ1) is 20.2. The standard InChI is InChI=1S/C24H24N2O3S/c1-16-8-7-9-17(2)19(16)15-25-20-10-5-6-11-23(20)30-26(24(25)27)18-12-13-21(28-3)22(14-18)29-4/h5-14H,15H2,1-4H3. The normalized spacial score (nSPS) is 13.3. The molecule has 6 heteroatoms. The number of hydrogen-bond acceptors (Lipinski definition) is 4. The molecule has 30 heavy (non-hydrogen) atoms. The molecule has 3 aromatic rings. The van der Waals surface area contributed by atoms with Gasteiger partial charge in [0.2, 0.25) is 0 Å². The average molecular weight is 421 g/mol. The van der Waals surface area contributed by atoms with E-state index in [1.165, 1.54) is 28.6 Å². The van der Waals surface area contributed by atoms with E-state index in [9.17, 15) is 4.79 Å². The summed E-state index contributed by atoms with van der Waals surface area (Å²) in [5.41, 5.74) is 5.18. The fraction of sp³-hybridized carbons (Fsp3) is 0.208. The summed E-state index contributed by atoms with van der Waals surface area (Å²) in [6.07, 6.45) is 0. The van der Waals surface area contributed by atoms with Crippen molar-refractivity contribution in [3.8, 4) is 11.5 Å². The SMILES string of the molecule is COc1ccc(N2Sc3ccccc3N(Cc3c(C)cccc3C)C2=O)cc1OC. The molecule has 0 spiro atoms.